The number of nitro groups is 1. The van der Waals surface area contributed by atoms with Gasteiger partial charge in [0.25, 0.3) is 11.6 Å². The van der Waals surface area contributed by atoms with Crippen molar-refractivity contribution in [1.29, 1.82) is 0 Å². The molecule has 1 aromatic heterocycles. The lowest BCUT2D eigenvalue weighted by molar-refractivity contribution is -0.384. The number of ether oxygens (including phenoxy) is 1. The molecule has 4 aromatic rings. The van der Waals surface area contributed by atoms with Gasteiger partial charge in [0.05, 0.1) is 32.4 Å². The van der Waals surface area contributed by atoms with Crippen LogP contribution in [0, 0.1) is 39.7 Å². The van der Waals surface area contributed by atoms with E-state index in [0.717, 1.165) is 21.1 Å². The summed E-state index contributed by atoms with van der Waals surface area (Å²) in [5.41, 5.74) is 1.09. The average Bonchev–Trinajstić information content (AvgIpc) is 3.82. The minimum atomic E-state index is -3.90. The Balaban J connectivity index is 1.10. The van der Waals surface area contributed by atoms with Crippen molar-refractivity contribution in [3.8, 4) is 5.75 Å². The van der Waals surface area contributed by atoms with Crippen molar-refractivity contribution in [2.45, 2.75) is 27.5 Å². The number of imide groups is 1. The zero-order chi connectivity index (χ0) is 35.9. The highest BCUT2D eigenvalue weighted by Gasteiger charge is 2.70. The van der Waals surface area contributed by atoms with Gasteiger partial charge in [0.1, 0.15) is 5.75 Å². The number of non-ortho nitro benzene ring substituents is 1. The Labute approximate surface area is 302 Å². The minimum Gasteiger partial charge on any atom is -0.483 e. The molecule has 4 aliphatic rings. The summed E-state index contributed by atoms with van der Waals surface area (Å²) >= 11 is 9.12. The Kier molecular flexibility index (Phi) is 8.10. The molecule has 51 heavy (non-hydrogen) atoms. The van der Waals surface area contributed by atoms with E-state index in [1.54, 1.807) is 18.2 Å². The number of nitrogens with zero attached hydrogens (tertiary/aromatic N) is 2. The molecule has 3 aromatic carbocycles. The zero-order valence-corrected chi connectivity index (χ0v) is 29.3. The number of aromatic amines is 1. The summed E-state index contributed by atoms with van der Waals surface area (Å²) in [4.78, 5) is 68.9. The summed E-state index contributed by atoms with van der Waals surface area (Å²) in [6.07, 6.45) is 0.627. The second-order valence-electron chi connectivity index (χ2n) is 12.8. The van der Waals surface area contributed by atoms with Crippen molar-refractivity contribution in [3.63, 3.8) is 0 Å². The van der Waals surface area contributed by atoms with Gasteiger partial charge >= 0.3 is 4.87 Å². The van der Waals surface area contributed by atoms with Crippen LogP contribution >= 0.6 is 34.7 Å². The number of nitrogens with one attached hydrogen (secondary N) is 2. The molecule has 0 spiro atoms. The van der Waals surface area contributed by atoms with E-state index in [1.807, 2.05) is 0 Å². The van der Waals surface area contributed by atoms with Crippen LogP contribution in [0.3, 0.4) is 0 Å². The first kappa shape index (κ1) is 33.6. The number of halogens is 1. The fraction of sp³-hybridized carbons (Fsp3) is 0.273. The molecule has 2 saturated carbocycles. The van der Waals surface area contributed by atoms with Crippen LogP contribution in [0.25, 0.3) is 0 Å². The Bertz CT molecular complexity index is 2310. The number of hydrogen-bond acceptors (Lipinski definition) is 11. The molecule has 262 valence electrons. The number of nitro benzene ring substituents is 1. The lowest BCUT2D eigenvalue weighted by Gasteiger charge is -2.43. The van der Waals surface area contributed by atoms with Gasteiger partial charge < -0.3 is 15.0 Å². The molecular formula is C33H26ClN5O9S3. The van der Waals surface area contributed by atoms with Gasteiger partial charge in [-0.2, -0.15) is 0 Å². The van der Waals surface area contributed by atoms with Crippen LogP contribution in [-0.2, 0) is 24.4 Å². The highest BCUT2D eigenvalue weighted by Crippen LogP contribution is 2.69. The summed E-state index contributed by atoms with van der Waals surface area (Å²) in [5, 5.41) is 20.0. The van der Waals surface area contributed by atoms with E-state index in [-0.39, 0.29) is 56.0 Å². The van der Waals surface area contributed by atoms with Gasteiger partial charge in [0, 0.05) is 44.5 Å². The van der Waals surface area contributed by atoms with E-state index in [9.17, 15) is 37.7 Å². The lowest BCUT2D eigenvalue weighted by atomic mass is 9.68. The fourth-order valence-corrected chi connectivity index (χ4v) is 11.9. The van der Waals surface area contributed by atoms with Crippen molar-refractivity contribution >= 4 is 79.5 Å². The number of nitrogens with two attached hydrogens (primary N) is 1. The molecule has 18 heteroatoms. The number of rotatable bonds is 8. The van der Waals surface area contributed by atoms with Gasteiger partial charge in [-0.1, -0.05) is 22.9 Å². The second-order valence-corrected chi connectivity index (χ2v) is 17.0. The maximum absolute atomic E-state index is 14.1. The number of sulfonamides is 1. The quantitative estimate of drug-likeness (QED) is 0.131. The molecule has 0 radical (unpaired) electrons. The van der Waals surface area contributed by atoms with Gasteiger partial charge in [-0.3, -0.25) is 34.2 Å². The summed E-state index contributed by atoms with van der Waals surface area (Å²) < 4.78 is 29.2. The first-order chi connectivity index (χ1) is 24.3. The van der Waals surface area contributed by atoms with Crippen LogP contribution in [0.4, 0.5) is 17.1 Å². The number of primary sulfonamides is 1. The highest BCUT2D eigenvalue weighted by molar-refractivity contribution is 8.00. The van der Waals surface area contributed by atoms with Crippen LogP contribution < -0.4 is 25.0 Å². The normalized spacial score (nSPS) is 26.1. The third-order valence-corrected chi connectivity index (χ3v) is 13.9. The number of H-pyrrole nitrogens is 1. The van der Waals surface area contributed by atoms with E-state index >= 15 is 0 Å². The van der Waals surface area contributed by atoms with Crippen molar-refractivity contribution in [2.24, 2.45) is 34.7 Å². The molecule has 4 unspecified atom stereocenters. The van der Waals surface area contributed by atoms with E-state index in [0.29, 0.717) is 33.5 Å². The molecule has 3 amide bonds. The maximum atomic E-state index is 14.1. The molecule has 3 heterocycles. The molecule has 3 fully saturated rings. The largest absolute Gasteiger partial charge is 0.483 e. The Hall–Kier alpha value is -4.55. The van der Waals surface area contributed by atoms with Gasteiger partial charge in [-0.15, -0.1) is 11.8 Å². The van der Waals surface area contributed by atoms with Crippen LogP contribution in [0.2, 0.25) is 5.02 Å². The Morgan fingerprint density at radius 2 is 1.73 bits per heavy atom. The molecule has 8 rings (SSSR count). The molecule has 1 saturated heterocycles. The third kappa shape index (κ3) is 5.63. The number of thioether (sulfide) groups is 1. The first-order valence-corrected chi connectivity index (χ1v) is 19.3. The lowest BCUT2D eigenvalue weighted by Crippen LogP contribution is -2.42. The minimum absolute atomic E-state index is 0.104. The number of hydrogen-bond donors (Lipinski definition) is 3. The number of thiazole rings is 1. The predicted octanol–water partition coefficient (Wildman–Crippen LogP) is 4.34. The maximum Gasteiger partial charge on any atom is 0.305 e. The van der Waals surface area contributed by atoms with Crippen LogP contribution in [0.1, 0.15) is 22.8 Å². The Morgan fingerprint density at radius 1 is 1.04 bits per heavy atom. The molecule has 14 nitrogen and oxygen atoms in total. The number of benzene rings is 3. The number of amides is 3. The summed E-state index contributed by atoms with van der Waals surface area (Å²) in [7, 11) is -3.90. The Morgan fingerprint density at radius 3 is 2.39 bits per heavy atom. The van der Waals surface area contributed by atoms with Crippen LogP contribution in [0.5, 0.6) is 5.75 Å². The monoisotopic (exact) mass is 767 g/mol. The van der Waals surface area contributed by atoms with Crippen LogP contribution in [0.15, 0.2) is 81.4 Å². The fourth-order valence-electron chi connectivity index (χ4n) is 8.31. The van der Waals surface area contributed by atoms with Crippen molar-refractivity contribution in [2.75, 3.05) is 16.8 Å². The molecule has 2 bridgehead atoms. The van der Waals surface area contributed by atoms with E-state index in [4.69, 9.17) is 21.5 Å². The topological polar surface area (TPSA) is 212 Å². The molecule has 4 N–H and O–H groups in total. The smallest absolute Gasteiger partial charge is 0.305 e. The SMILES string of the molecule is NS(=O)(=O)c1ccc(NC(=O)COc2ccc(Cl)cc2[C@H]2c3sc(=O)[nH]c3SC3C2[C@H]2C[C@@H]3C3C(=O)N(c4ccc([N+](=O)[O-])cc4)C(=O)C32)cc1. The third-order valence-electron chi connectivity index (χ3n) is 10.2. The van der Waals surface area contributed by atoms with E-state index < -0.39 is 45.2 Å². The molecule has 7 atom stereocenters. The number of anilines is 2. The standard InChI is InChI=1S/C33H26ClN5O9S3/c34-14-1-10-22(48-13-23(40)36-15-2-8-18(9-3-15)51(35,46)47)19(11-14)24-25-20-12-21(28(25)49-30-29(24)50-33(43)37-30)27-26(20)31(41)38(32(27)42)16-4-6-17(7-5-16)39(44)45/h1-11,20-21,24-28H,12-13H2,(H,36,40)(H,37,43)(H2,35,46,47)/t20-,21-,24-,25?,26?,27?,28?/m1/s1. The highest BCUT2D eigenvalue weighted by atomic mass is 35.5. The van der Waals surface area contributed by atoms with E-state index in [1.165, 1.54) is 60.3 Å². The van der Waals surface area contributed by atoms with Gasteiger partial charge in [0.15, 0.2) is 6.61 Å². The predicted molar refractivity (Wildman–Crippen MR) is 187 cm³/mol. The average molecular weight is 768 g/mol. The molecule has 2 aliphatic carbocycles. The first-order valence-electron chi connectivity index (χ1n) is 15.7. The van der Waals surface area contributed by atoms with Crippen LogP contribution in [-0.4, -0.2) is 47.9 Å². The van der Waals surface area contributed by atoms with Gasteiger partial charge in [-0.05, 0) is 78.8 Å². The van der Waals surface area contributed by atoms with E-state index in [2.05, 4.69) is 10.3 Å². The summed E-state index contributed by atoms with van der Waals surface area (Å²) in [5.74, 6) is -3.10. The summed E-state index contributed by atoms with van der Waals surface area (Å²) in [6, 6.07) is 15.7. The number of carbonyl (C=O) groups excluding carboxylic acids is 3. The van der Waals surface area contributed by atoms with Crippen molar-refractivity contribution in [1.82, 2.24) is 4.98 Å². The number of aromatic nitrogens is 1. The zero-order valence-electron chi connectivity index (χ0n) is 26.1. The van der Waals surface area contributed by atoms with Gasteiger partial charge in [0.2, 0.25) is 21.8 Å². The number of fused-ring (bicyclic) bond motifs is 9. The van der Waals surface area contributed by atoms with Crippen molar-refractivity contribution < 1.29 is 32.5 Å². The van der Waals surface area contributed by atoms with Gasteiger partial charge in [-0.25, -0.2) is 13.6 Å². The molecule has 2 aliphatic heterocycles. The van der Waals surface area contributed by atoms with Crippen molar-refractivity contribution in [3.05, 3.63) is 102 Å². The second kappa shape index (κ2) is 12.3. The molecular weight excluding hydrogens is 742 g/mol. The summed E-state index contributed by atoms with van der Waals surface area (Å²) in [6.45, 7) is -0.411. The number of carbonyl (C=O) groups is 3.